The summed E-state index contributed by atoms with van der Waals surface area (Å²) in [6, 6.07) is 15.4. The van der Waals surface area contributed by atoms with Crippen LogP contribution >= 0.6 is 35.0 Å². The summed E-state index contributed by atoms with van der Waals surface area (Å²) >= 11 is 14.0. The maximum absolute atomic E-state index is 13.1. The number of carbonyl (C=O) groups excluding carboxylic acids is 1. The normalized spacial score (nSPS) is 15.7. The molecule has 1 amide bonds. The average molecular weight is 545 g/mol. The van der Waals surface area contributed by atoms with Gasteiger partial charge in [-0.2, -0.15) is 0 Å². The predicted molar refractivity (Wildman–Crippen MR) is 141 cm³/mol. The summed E-state index contributed by atoms with van der Waals surface area (Å²) < 4.78 is 18.8. The number of thioether (sulfide) groups is 1. The van der Waals surface area contributed by atoms with E-state index in [1.165, 1.54) is 40.9 Å². The SMILES string of the molecule is CCN1C(=O)C(=Cc2cc(Cl)c(OCc3ccc(F)cc3)c(Cl)c2)SC1=Nc1cccc(C(=O)O)c1. The molecule has 0 saturated carbocycles. The Balaban J connectivity index is 1.56. The van der Waals surface area contributed by atoms with E-state index in [0.29, 0.717) is 27.9 Å². The molecular formula is C26H19Cl2FN2O4S. The van der Waals surface area contributed by atoms with Crippen LogP contribution in [0.25, 0.3) is 6.08 Å². The lowest BCUT2D eigenvalue weighted by Crippen LogP contribution is -2.28. The van der Waals surface area contributed by atoms with Crippen LogP contribution in [0.3, 0.4) is 0 Å². The number of hydrogen-bond acceptors (Lipinski definition) is 5. The molecule has 1 aliphatic heterocycles. The quantitative estimate of drug-likeness (QED) is 0.323. The second kappa shape index (κ2) is 11.2. The van der Waals surface area contributed by atoms with Crippen molar-refractivity contribution in [1.82, 2.24) is 4.90 Å². The molecule has 36 heavy (non-hydrogen) atoms. The summed E-state index contributed by atoms with van der Waals surface area (Å²) in [6.45, 7) is 2.37. The highest BCUT2D eigenvalue weighted by atomic mass is 35.5. The highest BCUT2D eigenvalue weighted by molar-refractivity contribution is 8.18. The molecule has 0 atom stereocenters. The lowest BCUT2D eigenvalue weighted by molar-refractivity contribution is -0.122. The molecule has 6 nitrogen and oxygen atoms in total. The van der Waals surface area contributed by atoms with Gasteiger partial charge in [0.05, 0.1) is 26.2 Å². The number of likely N-dealkylation sites (N-methyl/N-ethyl adjacent to an activating group) is 1. The molecule has 1 aliphatic rings. The zero-order valence-electron chi connectivity index (χ0n) is 18.9. The molecule has 4 rings (SSSR count). The van der Waals surface area contributed by atoms with E-state index in [9.17, 15) is 19.1 Å². The van der Waals surface area contributed by atoms with Gasteiger partial charge in [-0.25, -0.2) is 14.2 Å². The van der Waals surface area contributed by atoms with Gasteiger partial charge >= 0.3 is 5.97 Å². The van der Waals surface area contributed by atoms with Crippen molar-refractivity contribution in [2.75, 3.05) is 6.54 Å². The molecule has 0 bridgehead atoms. The molecule has 184 valence electrons. The number of nitrogens with zero attached hydrogens (tertiary/aromatic N) is 2. The van der Waals surface area contributed by atoms with Gasteiger partial charge in [0.1, 0.15) is 12.4 Å². The second-order valence-corrected chi connectivity index (χ2v) is 9.46. The number of hydrogen-bond donors (Lipinski definition) is 1. The Morgan fingerprint density at radius 1 is 1.14 bits per heavy atom. The van der Waals surface area contributed by atoms with E-state index in [2.05, 4.69) is 4.99 Å². The predicted octanol–water partition coefficient (Wildman–Crippen LogP) is 7.03. The minimum absolute atomic E-state index is 0.107. The first-order valence-electron chi connectivity index (χ1n) is 10.7. The van der Waals surface area contributed by atoms with E-state index in [4.69, 9.17) is 27.9 Å². The molecule has 3 aromatic carbocycles. The van der Waals surface area contributed by atoms with Gasteiger partial charge in [0.2, 0.25) is 0 Å². The van der Waals surface area contributed by atoms with Crippen molar-refractivity contribution in [1.29, 1.82) is 0 Å². The minimum atomic E-state index is -1.06. The number of carboxylic acid groups (broad SMARTS) is 1. The van der Waals surface area contributed by atoms with E-state index in [-0.39, 0.29) is 39.7 Å². The molecule has 0 aromatic heterocycles. The Labute approximate surface area is 221 Å². The van der Waals surface area contributed by atoms with Crippen molar-refractivity contribution in [3.8, 4) is 5.75 Å². The van der Waals surface area contributed by atoms with Gasteiger partial charge < -0.3 is 9.84 Å². The van der Waals surface area contributed by atoms with Crippen LogP contribution in [0.4, 0.5) is 10.1 Å². The van der Waals surface area contributed by atoms with Gasteiger partial charge in [-0.05, 0) is 78.4 Å². The highest BCUT2D eigenvalue weighted by Gasteiger charge is 2.32. The minimum Gasteiger partial charge on any atom is -0.486 e. The molecule has 1 N–H and O–H groups in total. The van der Waals surface area contributed by atoms with Crippen LogP contribution in [0.15, 0.2) is 70.6 Å². The zero-order valence-corrected chi connectivity index (χ0v) is 21.2. The summed E-state index contributed by atoms with van der Waals surface area (Å²) in [5, 5.41) is 10.2. The lowest BCUT2D eigenvalue weighted by atomic mass is 10.2. The van der Waals surface area contributed by atoms with Gasteiger partial charge in [-0.1, -0.05) is 41.4 Å². The molecule has 1 fully saturated rings. The first-order valence-corrected chi connectivity index (χ1v) is 12.3. The second-order valence-electron chi connectivity index (χ2n) is 7.64. The molecule has 3 aromatic rings. The first-order chi connectivity index (χ1) is 17.2. The Kier molecular flexibility index (Phi) is 7.98. The number of aliphatic imine (C=N–C) groups is 1. The number of halogens is 3. The Morgan fingerprint density at radius 2 is 1.83 bits per heavy atom. The fraction of sp³-hybridized carbons (Fsp3) is 0.115. The van der Waals surface area contributed by atoms with Crippen molar-refractivity contribution in [3.63, 3.8) is 0 Å². The number of amidine groups is 1. The van der Waals surface area contributed by atoms with Crippen LogP contribution in [0, 0.1) is 5.82 Å². The van der Waals surface area contributed by atoms with Crippen LogP contribution in [0.5, 0.6) is 5.75 Å². The average Bonchev–Trinajstić information content (AvgIpc) is 3.13. The monoisotopic (exact) mass is 544 g/mol. The zero-order chi connectivity index (χ0) is 25.8. The summed E-state index contributed by atoms with van der Waals surface area (Å²) in [6.07, 6.45) is 1.66. The van der Waals surface area contributed by atoms with Crippen LogP contribution < -0.4 is 4.74 Å². The van der Waals surface area contributed by atoms with Crippen LogP contribution in [0.2, 0.25) is 10.0 Å². The molecule has 0 aliphatic carbocycles. The standard InChI is InChI=1S/C26H19Cl2FN2O4S/c1-2-31-24(32)22(36-26(31)30-19-5-3-4-17(13-19)25(33)34)12-16-10-20(27)23(21(28)11-16)35-14-15-6-8-18(29)9-7-15/h3-13H,2,14H2,1H3,(H,33,34). The number of rotatable bonds is 7. The maximum Gasteiger partial charge on any atom is 0.335 e. The third-order valence-electron chi connectivity index (χ3n) is 5.14. The Bertz CT molecular complexity index is 1370. The molecule has 0 spiro atoms. The molecular weight excluding hydrogens is 526 g/mol. The van der Waals surface area contributed by atoms with Crippen LogP contribution in [0.1, 0.15) is 28.4 Å². The number of carboxylic acids is 1. The van der Waals surface area contributed by atoms with Crippen LogP contribution in [-0.2, 0) is 11.4 Å². The fourth-order valence-corrected chi connectivity index (χ4v) is 5.05. The van der Waals surface area contributed by atoms with Crippen molar-refractivity contribution in [2.24, 2.45) is 4.99 Å². The topological polar surface area (TPSA) is 79.2 Å². The van der Waals surface area contributed by atoms with Crippen molar-refractivity contribution in [3.05, 3.63) is 98.1 Å². The highest BCUT2D eigenvalue weighted by Crippen LogP contribution is 2.38. The number of benzene rings is 3. The number of aromatic carboxylic acids is 1. The third kappa shape index (κ3) is 5.90. The molecule has 0 radical (unpaired) electrons. The van der Waals surface area contributed by atoms with Gasteiger partial charge in [0.25, 0.3) is 5.91 Å². The molecule has 0 unspecified atom stereocenters. The van der Waals surface area contributed by atoms with Crippen molar-refractivity contribution in [2.45, 2.75) is 13.5 Å². The summed E-state index contributed by atoms with van der Waals surface area (Å²) in [7, 11) is 0. The summed E-state index contributed by atoms with van der Waals surface area (Å²) in [5.74, 6) is -1.35. The van der Waals surface area contributed by atoms with Gasteiger partial charge in [-0.3, -0.25) is 9.69 Å². The fourth-order valence-electron chi connectivity index (χ4n) is 3.38. The largest absolute Gasteiger partial charge is 0.486 e. The van der Waals surface area contributed by atoms with E-state index in [0.717, 1.165) is 5.56 Å². The number of ether oxygens (including phenoxy) is 1. The summed E-state index contributed by atoms with van der Waals surface area (Å²) in [4.78, 5) is 30.6. The smallest absolute Gasteiger partial charge is 0.335 e. The Hall–Kier alpha value is -3.33. The van der Waals surface area contributed by atoms with Crippen molar-refractivity contribution < 1.29 is 23.8 Å². The lowest BCUT2D eigenvalue weighted by Gasteiger charge is -2.12. The molecule has 10 heteroatoms. The summed E-state index contributed by atoms with van der Waals surface area (Å²) in [5.41, 5.74) is 1.89. The first kappa shape index (κ1) is 25.8. The van der Waals surface area contributed by atoms with Crippen molar-refractivity contribution >= 4 is 63.8 Å². The Morgan fingerprint density at radius 3 is 2.47 bits per heavy atom. The van der Waals surface area contributed by atoms with E-state index in [1.807, 2.05) is 6.92 Å². The number of amides is 1. The molecule has 1 heterocycles. The van der Waals surface area contributed by atoms with Gasteiger partial charge in [0, 0.05) is 6.54 Å². The van der Waals surface area contributed by atoms with Crippen LogP contribution in [-0.4, -0.2) is 33.6 Å². The van der Waals surface area contributed by atoms with E-state index >= 15 is 0 Å². The van der Waals surface area contributed by atoms with E-state index in [1.54, 1.807) is 42.5 Å². The maximum atomic E-state index is 13.1. The molecule has 1 saturated heterocycles. The van der Waals surface area contributed by atoms with Gasteiger partial charge in [-0.15, -0.1) is 0 Å². The third-order valence-corrected chi connectivity index (χ3v) is 6.71. The number of carbonyl (C=O) groups is 2. The van der Waals surface area contributed by atoms with E-state index < -0.39 is 5.97 Å². The van der Waals surface area contributed by atoms with Gasteiger partial charge in [0.15, 0.2) is 10.9 Å².